The molecule has 0 spiro atoms. The van der Waals surface area contributed by atoms with Crippen LogP contribution in [-0.4, -0.2) is 67.1 Å². The third-order valence-corrected chi connectivity index (χ3v) is 7.40. The second-order valence-electron chi connectivity index (χ2n) is 9.73. The maximum atomic E-state index is 15.1. The van der Waals surface area contributed by atoms with Crippen molar-refractivity contribution in [2.24, 2.45) is 0 Å². The fourth-order valence-corrected chi connectivity index (χ4v) is 5.85. The molecule has 1 aromatic heterocycles. The standard InChI is InChI=1S/C27H33FN4O2/c1-31(2)13-12-29-17-14-23(19-9-4-6-10-21(19)28)32-24(15-17)26-20(16-25(32)27(33)34-3)18-8-5-7-11-22(18)30-26/h4-11,17,23-25,29-30H,12-16H2,1-3H3/t17-,23-,24+,25-/m0/s1. The number of para-hydroxylation sites is 1. The molecule has 2 N–H and O–H groups in total. The number of carbonyl (C=O) groups is 1. The van der Waals surface area contributed by atoms with Crippen LogP contribution in [0.2, 0.25) is 0 Å². The molecule has 1 fully saturated rings. The van der Waals surface area contributed by atoms with E-state index in [1.165, 1.54) is 18.7 Å². The van der Waals surface area contributed by atoms with Crippen LogP contribution in [0.4, 0.5) is 4.39 Å². The molecule has 1 saturated heterocycles. The Morgan fingerprint density at radius 1 is 1.15 bits per heavy atom. The molecular weight excluding hydrogens is 431 g/mol. The molecule has 0 amide bonds. The molecular formula is C27H33FN4O2. The number of ether oxygens (including phenoxy) is 1. The Hall–Kier alpha value is -2.74. The summed E-state index contributed by atoms with van der Waals surface area (Å²) in [6, 6.07) is 14.7. The Bertz CT molecular complexity index is 1180. The maximum Gasteiger partial charge on any atom is 0.323 e. The van der Waals surface area contributed by atoms with Gasteiger partial charge in [-0.15, -0.1) is 0 Å². The second kappa shape index (κ2) is 9.49. The van der Waals surface area contributed by atoms with E-state index in [0.717, 1.165) is 42.5 Å². The number of benzene rings is 2. The number of aromatic nitrogens is 1. The third kappa shape index (κ3) is 4.13. The molecule has 0 aliphatic carbocycles. The number of esters is 1. The molecule has 0 saturated carbocycles. The molecule has 2 aromatic carbocycles. The highest BCUT2D eigenvalue weighted by molar-refractivity contribution is 5.87. The van der Waals surface area contributed by atoms with E-state index in [1.54, 1.807) is 6.07 Å². The van der Waals surface area contributed by atoms with E-state index in [4.69, 9.17) is 4.74 Å². The molecule has 0 radical (unpaired) electrons. The number of halogens is 1. The minimum Gasteiger partial charge on any atom is -0.468 e. The Labute approximate surface area is 200 Å². The van der Waals surface area contributed by atoms with Gasteiger partial charge in [0.2, 0.25) is 0 Å². The Morgan fingerprint density at radius 2 is 1.88 bits per heavy atom. The number of nitrogens with one attached hydrogen (secondary N) is 2. The number of carbonyl (C=O) groups excluding carboxylic acids is 1. The van der Waals surface area contributed by atoms with Crippen LogP contribution in [0.25, 0.3) is 10.9 Å². The number of fused-ring (bicyclic) bond motifs is 5. The quantitative estimate of drug-likeness (QED) is 0.544. The molecule has 4 atom stereocenters. The first-order valence-corrected chi connectivity index (χ1v) is 12.0. The zero-order chi connectivity index (χ0) is 23.8. The minimum atomic E-state index is -0.464. The zero-order valence-corrected chi connectivity index (χ0v) is 20.1. The van der Waals surface area contributed by atoms with E-state index in [2.05, 4.69) is 46.3 Å². The van der Waals surface area contributed by atoms with Gasteiger partial charge in [-0.3, -0.25) is 9.69 Å². The van der Waals surface area contributed by atoms with Gasteiger partial charge < -0.3 is 19.9 Å². The van der Waals surface area contributed by atoms with Crippen molar-refractivity contribution < 1.29 is 13.9 Å². The van der Waals surface area contributed by atoms with Crippen LogP contribution < -0.4 is 5.32 Å². The van der Waals surface area contributed by atoms with Gasteiger partial charge in [0.25, 0.3) is 0 Å². The Kier molecular flexibility index (Phi) is 6.42. The van der Waals surface area contributed by atoms with Gasteiger partial charge in [0, 0.05) is 53.8 Å². The van der Waals surface area contributed by atoms with Crippen LogP contribution in [0.1, 0.15) is 41.7 Å². The number of hydrogen-bond acceptors (Lipinski definition) is 5. The number of H-pyrrole nitrogens is 1. The number of aromatic amines is 1. The first-order valence-electron chi connectivity index (χ1n) is 12.0. The van der Waals surface area contributed by atoms with E-state index < -0.39 is 6.04 Å². The van der Waals surface area contributed by atoms with Crippen LogP contribution in [0, 0.1) is 5.82 Å². The summed E-state index contributed by atoms with van der Waals surface area (Å²) >= 11 is 0. The third-order valence-electron chi connectivity index (χ3n) is 7.40. The number of hydrogen-bond donors (Lipinski definition) is 2. The van der Waals surface area contributed by atoms with E-state index >= 15 is 4.39 Å². The number of rotatable bonds is 6. The van der Waals surface area contributed by atoms with Crippen molar-refractivity contribution in [2.75, 3.05) is 34.3 Å². The summed E-state index contributed by atoms with van der Waals surface area (Å²) in [5.74, 6) is -0.493. The summed E-state index contributed by atoms with van der Waals surface area (Å²) in [5.41, 5.74) is 4.03. The van der Waals surface area contributed by atoms with Crippen molar-refractivity contribution >= 4 is 16.9 Å². The van der Waals surface area contributed by atoms with Gasteiger partial charge >= 0.3 is 5.97 Å². The van der Waals surface area contributed by atoms with Crippen LogP contribution in [0.15, 0.2) is 48.5 Å². The van der Waals surface area contributed by atoms with E-state index in [0.29, 0.717) is 12.0 Å². The van der Waals surface area contributed by atoms with E-state index in [9.17, 15) is 4.79 Å². The summed E-state index contributed by atoms with van der Waals surface area (Å²) in [5, 5.41) is 4.86. The normalized spacial score (nSPS) is 24.7. The molecule has 2 aliphatic heterocycles. The summed E-state index contributed by atoms with van der Waals surface area (Å²) in [4.78, 5) is 21.1. The minimum absolute atomic E-state index is 0.0459. The van der Waals surface area contributed by atoms with Crippen molar-refractivity contribution in [3.8, 4) is 0 Å². The van der Waals surface area contributed by atoms with Crippen molar-refractivity contribution in [3.05, 3.63) is 71.2 Å². The van der Waals surface area contributed by atoms with Crippen LogP contribution >= 0.6 is 0 Å². The van der Waals surface area contributed by atoms with Gasteiger partial charge in [-0.25, -0.2) is 4.39 Å². The fourth-order valence-electron chi connectivity index (χ4n) is 5.85. The van der Waals surface area contributed by atoms with E-state index in [-0.39, 0.29) is 29.9 Å². The number of likely N-dealkylation sites (N-methyl/N-ethyl adjacent to an activating group) is 1. The van der Waals surface area contributed by atoms with Gasteiger partial charge in [0.1, 0.15) is 11.9 Å². The van der Waals surface area contributed by atoms with Crippen molar-refractivity contribution in [1.29, 1.82) is 0 Å². The first-order chi connectivity index (χ1) is 16.5. The lowest BCUT2D eigenvalue weighted by Crippen LogP contribution is -2.56. The predicted octanol–water partition coefficient (Wildman–Crippen LogP) is 3.80. The molecule has 5 rings (SSSR count). The number of nitrogens with zero attached hydrogens (tertiary/aromatic N) is 2. The number of methoxy groups -OCH3 is 1. The average molecular weight is 465 g/mol. The van der Waals surface area contributed by atoms with Gasteiger partial charge in [0.05, 0.1) is 13.2 Å². The largest absolute Gasteiger partial charge is 0.468 e. The van der Waals surface area contributed by atoms with Gasteiger partial charge in [-0.2, -0.15) is 0 Å². The summed E-state index contributed by atoms with van der Waals surface area (Å²) < 4.78 is 20.4. The highest BCUT2D eigenvalue weighted by atomic mass is 19.1. The molecule has 2 aliphatic rings. The van der Waals surface area contributed by atoms with Gasteiger partial charge in [-0.05, 0) is 44.6 Å². The lowest BCUT2D eigenvalue weighted by atomic mass is 9.79. The Morgan fingerprint density at radius 3 is 2.65 bits per heavy atom. The number of piperidine rings is 1. The second-order valence-corrected chi connectivity index (χ2v) is 9.73. The zero-order valence-electron chi connectivity index (χ0n) is 20.1. The van der Waals surface area contributed by atoms with Crippen LogP contribution in [0.5, 0.6) is 0 Å². The molecule has 34 heavy (non-hydrogen) atoms. The summed E-state index contributed by atoms with van der Waals surface area (Å²) in [6.45, 7) is 1.78. The molecule has 6 nitrogen and oxygen atoms in total. The lowest BCUT2D eigenvalue weighted by Gasteiger charge is -2.50. The van der Waals surface area contributed by atoms with Crippen molar-refractivity contribution in [1.82, 2.24) is 20.1 Å². The maximum absolute atomic E-state index is 15.1. The van der Waals surface area contributed by atoms with Gasteiger partial charge in [-0.1, -0.05) is 36.4 Å². The highest BCUT2D eigenvalue weighted by Gasteiger charge is 2.48. The molecule has 7 heteroatoms. The SMILES string of the molecule is COC(=O)[C@@H]1Cc2c([nH]c3ccccc23)[C@H]2C[C@@H](NCCN(C)C)C[C@@H](c3ccccc3F)N21. The molecule has 0 unspecified atom stereocenters. The summed E-state index contributed by atoms with van der Waals surface area (Å²) in [6.07, 6.45) is 2.12. The average Bonchev–Trinajstić information content (AvgIpc) is 3.21. The highest BCUT2D eigenvalue weighted by Crippen LogP contribution is 2.49. The van der Waals surface area contributed by atoms with Crippen LogP contribution in [-0.2, 0) is 16.0 Å². The van der Waals surface area contributed by atoms with Crippen molar-refractivity contribution in [2.45, 2.75) is 43.4 Å². The van der Waals surface area contributed by atoms with E-state index in [1.807, 2.05) is 24.3 Å². The fraction of sp³-hybridized carbons (Fsp3) is 0.444. The molecule has 0 bridgehead atoms. The smallest absolute Gasteiger partial charge is 0.323 e. The molecule has 3 heterocycles. The lowest BCUT2D eigenvalue weighted by molar-refractivity contribution is -0.152. The van der Waals surface area contributed by atoms with Gasteiger partial charge in [0.15, 0.2) is 0 Å². The van der Waals surface area contributed by atoms with Crippen molar-refractivity contribution in [3.63, 3.8) is 0 Å². The first kappa shape index (κ1) is 23.0. The Balaban J connectivity index is 1.61. The topological polar surface area (TPSA) is 60.6 Å². The van der Waals surface area contributed by atoms with Crippen LogP contribution in [0.3, 0.4) is 0 Å². The monoisotopic (exact) mass is 464 g/mol. The predicted molar refractivity (Wildman–Crippen MR) is 131 cm³/mol. The molecule has 180 valence electrons. The summed E-state index contributed by atoms with van der Waals surface area (Å²) in [7, 11) is 5.56. The molecule has 3 aromatic rings.